The normalized spacial score (nSPS) is 10.4. The van der Waals surface area contributed by atoms with Crippen LogP contribution in [0.3, 0.4) is 0 Å². The van der Waals surface area contributed by atoms with E-state index < -0.39 is 0 Å². The van der Waals surface area contributed by atoms with Crippen LogP contribution < -0.4 is 0 Å². The molecule has 0 fully saturated rings. The molecule has 0 saturated heterocycles. The maximum atomic E-state index is 9.34. The molecule has 0 aromatic heterocycles. The first-order chi connectivity index (χ1) is 5.70. The van der Waals surface area contributed by atoms with Crippen LogP contribution in [-0.2, 0) is 0 Å². The lowest BCUT2D eigenvalue weighted by Gasteiger charge is -1.96. The van der Waals surface area contributed by atoms with Gasteiger partial charge in [0.25, 0.3) is 0 Å². The molecule has 0 bridgehead atoms. The molecule has 0 heterocycles. The van der Waals surface area contributed by atoms with Gasteiger partial charge in [-0.05, 0) is 13.0 Å². The molecular formula is C11H12O. The van der Waals surface area contributed by atoms with Gasteiger partial charge < -0.3 is 5.11 Å². The fraction of sp³-hybridized carbons (Fsp3) is 0.0909. The third kappa shape index (κ3) is 2.27. The SMILES string of the molecule is C=C(C)C=Cc1ccccc1O. The molecule has 0 unspecified atom stereocenters. The van der Waals surface area contributed by atoms with Crippen molar-refractivity contribution in [2.24, 2.45) is 0 Å². The highest BCUT2D eigenvalue weighted by atomic mass is 16.3. The van der Waals surface area contributed by atoms with E-state index in [2.05, 4.69) is 6.58 Å². The van der Waals surface area contributed by atoms with Crippen molar-refractivity contribution in [3.05, 3.63) is 48.1 Å². The van der Waals surface area contributed by atoms with Crippen LogP contribution in [-0.4, -0.2) is 5.11 Å². The van der Waals surface area contributed by atoms with Crippen molar-refractivity contribution in [1.82, 2.24) is 0 Å². The Hall–Kier alpha value is -1.50. The lowest BCUT2D eigenvalue weighted by Crippen LogP contribution is -1.72. The third-order valence-corrected chi connectivity index (χ3v) is 1.48. The predicted molar refractivity (Wildman–Crippen MR) is 52.0 cm³/mol. The first kappa shape index (κ1) is 8.60. The van der Waals surface area contributed by atoms with Crippen LogP contribution in [0.5, 0.6) is 5.75 Å². The van der Waals surface area contributed by atoms with Gasteiger partial charge in [0.2, 0.25) is 0 Å². The van der Waals surface area contributed by atoms with E-state index >= 15 is 0 Å². The topological polar surface area (TPSA) is 20.2 Å². The van der Waals surface area contributed by atoms with Crippen LogP contribution in [0.15, 0.2) is 42.5 Å². The minimum atomic E-state index is 0.301. The van der Waals surface area contributed by atoms with Crippen LogP contribution in [0.1, 0.15) is 12.5 Å². The van der Waals surface area contributed by atoms with E-state index in [0.717, 1.165) is 11.1 Å². The first-order valence-electron chi connectivity index (χ1n) is 3.82. The molecule has 0 radical (unpaired) electrons. The Morgan fingerprint density at radius 3 is 2.67 bits per heavy atom. The molecule has 1 aromatic carbocycles. The average Bonchev–Trinajstić information content (AvgIpc) is 2.03. The van der Waals surface area contributed by atoms with Crippen molar-refractivity contribution in [3.63, 3.8) is 0 Å². The Kier molecular flexibility index (Phi) is 2.70. The number of phenols is 1. The Labute approximate surface area is 72.7 Å². The summed E-state index contributed by atoms with van der Waals surface area (Å²) in [4.78, 5) is 0. The molecule has 0 saturated carbocycles. The summed E-state index contributed by atoms with van der Waals surface area (Å²) in [6, 6.07) is 7.21. The van der Waals surface area contributed by atoms with Gasteiger partial charge in [0.05, 0.1) is 0 Å². The minimum Gasteiger partial charge on any atom is -0.507 e. The summed E-state index contributed by atoms with van der Waals surface area (Å²) >= 11 is 0. The highest BCUT2D eigenvalue weighted by molar-refractivity contribution is 5.58. The van der Waals surface area contributed by atoms with Gasteiger partial charge in [-0.3, -0.25) is 0 Å². The molecule has 12 heavy (non-hydrogen) atoms. The summed E-state index contributed by atoms with van der Waals surface area (Å²) in [5.74, 6) is 0.301. The van der Waals surface area contributed by atoms with Gasteiger partial charge in [-0.2, -0.15) is 0 Å². The van der Waals surface area contributed by atoms with E-state index in [1.165, 1.54) is 0 Å². The molecule has 0 amide bonds. The van der Waals surface area contributed by atoms with Crippen LogP contribution in [0.2, 0.25) is 0 Å². The zero-order valence-electron chi connectivity index (χ0n) is 7.12. The summed E-state index contributed by atoms with van der Waals surface area (Å²) in [5, 5.41) is 9.34. The average molecular weight is 160 g/mol. The van der Waals surface area contributed by atoms with Crippen molar-refractivity contribution in [2.45, 2.75) is 6.92 Å². The first-order valence-corrected chi connectivity index (χ1v) is 3.82. The van der Waals surface area contributed by atoms with Crippen molar-refractivity contribution in [3.8, 4) is 5.75 Å². The molecule has 1 N–H and O–H groups in total. The van der Waals surface area contributed by atoms with Crippen molar-refractivity contribution in [2.75, 3.05) is 0 Å². The Morgan fingerprint density at radius 1 is 1.42 bits per heavy atom. The summed E-state index contributed by atoms with van der Waals surface area (Å²) in [5.41, 5.74) is 1.79. The Morgan fingerprint density at radius 2 is 2.08 bits per heavy atom. The number of rotatable bonds is 2. The molecular weight excluding hydrogens is 148 g/mol. The van der Waals surface area contributed by atoms with E-state index in [9.17, 15) is 5.11 Å². The predicted octanol–water partition coefficient (Wildman–Crippen LogP) is 2.98. The highest BCUT2D eigenvalue weighted by Crippen LogP contribution is 2.17. The number of benzene rings is 1. The van der Waals surface area contributed by atoms with Gasteiger partial charge in [-0.15, -0.1) is 0 Å². The Bertz CT molecular complexity index is 311. The molecule has 0 spiro atoms. The number of hydrogen-bond donors (Lipinski definition) is 1. The number of allylic oxidation sites excluding steroid dienone is 2. The summed E-state index contributed by atoms with van der Waals surface area (Å²) in [7, 11) is 0. The van der Waals surface area contributed by atoms with Crippen molar-refractivity contribution in [1.29, 1.82) is 0 Å². The van der Waals surface area contributed by atoms with Gasteiger partial charge in [0.15, 0.2) is 0 Å². The summed E-state index contributed by atoms with van der Waals surface area (Å²) in [6.45, 7) is 5.64. The zero-order valence-corrected chi connectivity index (χ0v) is 7.12. The zero-order chi connectivity index (χ0) is 8.97. The third-order valence-electron chi connectivity index (χ3n) is 1.48. The van der Waals surface area contributed by atoms with E-state index in [1.54, 1.807) is 12.1 Å². The van der Waals surface area contributed by atoms with Gasteiger partial charge in [0, 0.05) is 5.56 Å². The smallest absolute Gasteiger partial charge is 0.122 e. The van der Waals surface area contributed by atoms with Gasteiger partial charge >= 0.3 is 0 Å². The highest BCUT2D eigenvalue weighted by Gasteiger charge is 1.92. The van der Waals surface area contributed by atoms with Gasteiger partial charge in [-0.25, -0.2) is 0 Å². The van der Waals surface area contributed by atoms with Crippen LogP contribution >= 0.6 is 0 Å². The van der Waals surface area contributed by atoms with Crippen LogP contribution in [0.4, 0.5) is 0 Å². The van der Waals surface area contributed by atoms with Crippen LogP contribution in [0, 0.1) is 0 Å². The lowest BCUT2D eigenvalue weighted by molar-refractivity contribution is 0.474. The molecule has 0 aliphatic carbocycles. The standard InChI is InChI=1S/C11H12O/c1-9(2)7-8-10-5-3-4-6-11(10)12/h3-8,12H,1H2,2H3. The van der Waals surface area contributed by atoms with Crippen LogP contribution in [0.25, 0.3) is 6.08 Å². The van der Waals surface area contributed by atoms with E-state index in [1.807, 2.05) is 31.2 Å². The summed E-state index contributed by atoms with van der Waals surface area (Å²) in [6.07, 6.45) is 3.72. The van der Waals surface area contributed by atoms with Gasteiger partial charge in [-0.1, -0.05) is 42.5 Å². The fourth-order valence-corrected chi connectivity index (χ4v) is 0.861. The number of para-hydroxylation sites is 1. The van der Waals surface area contributed by atoms with E-state index in [-0.39, 0.29) is 0 Å². The monoisotopic (exact) mass is 160 g/mol. The van der Waals surface area contributed by atoms with Crippen molar-refractivity contribution < 1.29 is 5.11 Å². The lowest BCUT2D eigenvalue weighted by atomic mass is 10.1. The second-order valence-electron chi connectivity index (χ2n) is 2.74. The minimum absolute atomic E-state index is 0.301. The quantitative estimate of drug-likeness (QED) is 0.659. The molecule has 62 valence electrons. The maximum absolute atomic E-state index is 9.34. The fourth-order valence-electron chi connectivity index (χ4n) is 0.861. The molecule has 1 aromatic rings. The molecule has 0 atom stereocenters. The van der Waals surface area contributed by atoms with E-state index in [4.69, 9.17) is 0 Å². The Balaban J connectivity index is 2.89. The maximum Gasteiger partial charge on any atom is 0.122 e. The van der Waals surface area contributed by atoms with E-state index in [0.29, 0.717) is 5.75 Å². The second kappa shape index (κ2) is 3.77. The molecule has 1 heteroatoms. The molecule has 1 nitrogen and oxygen atoms in total. The molecule has 1 rings (SSSR count). The summed E-state index contributed by atoms with van der Waals surface area (Å²) < 4.78 is 0. The molecule has 0 aliphatic heterocycles. The second-order valence-corrected chi connectivity index (χ2v) is 2.74. The van der Waals surface area contributed by atoms with Crippen molar-refractivity contribution >= 4 is 6.08 Å². The number of hydrogen-bond acceptors (Lipinski definition) is 1. The van der Waals surface area contributed by atoms with Gasteiger partial charge in [0.1, 0.15) is 5.75 Å². The number of aromatic hydroxyl groups is 1. The molecule has 0 aliphatic rings. The largest absolute Gasteiger partial charge is 0.507 e. The number of phenolic OH excluding ortho intramolecular Hbond substituents is 1.